The standard InChI is InChI=1S/C18H28N2O2S/c1-19-10-4-8-18(14-21)9-11-20(13-16(18)19)17(22)7-2-5-15-6-3-12-23-15/h3,6,12,16,21H,2,4-5,7-11,13-14H2,1H3/t16-,18-/m1/s1. The molecule has 2 atom stereocenters. The number of hydrogen-bond donors (Lipinski definition) is 1. The van der Waals surface area contributed by atoms with Crippen molar-refractivity contribution in [2.45, 2.75) is 44.6 Å². The van der Waals surface area contributed by atoms with E-state index in [1.807, 2.05) is 4.90 Å². The van der Waals surface area contributed by atoms with Crippen molar-refractivity contribution in [3.8, 4) is 0 Å². The minimum absolute atomic E-state index is 0.0146. The summed E-state index contributed by atoms with van der Waals surface area (Å²) in [6, 6.07) is 4.53. The van der Waals surface area contributed by atoms with Crippen LogP contribution in [0.3, 0.4) is 0 Å². The van der Waals surface area contributed by atoms with Gasteiger partial charge in [0.15, 0.2) is 0 Å². The van der Waals surface area contributed by atoms with E-state index in [1.165, 1.54) is 4.88 Å². The second-order valence-corrected chi connectivity index (χ2v) is 8.18. The Labute approximate surface area is 143 Å². The lowest BCUT2D eigenvalue weighted by molar-refractivity contribution is -0.139. The number of likely N-dealkylation sites (N-methyl/N-ethyl adjacent to an activating group) is 1. The second kappa shape index (κ2) is 7.32. The molecular weight excluding hydrogens is 308 g/mol. The van der Waals surface area contributed by atoms with Gasteiger partial charge in [0, 0.05) is 35.8 Å². The van der Waals surface area contributed by atoms with Gasteiger partial charge in [-0.15, -0.1) is 11.3 Å². The molecule has 5 heteroatoms. The molecule has 128 valence electrons. The van der Waals surface area contributed by atoms with E-state index in [0.717, 1.165) is 51.7 Å². The summed E-state index contributed by atoms with van der Waals surface area (Å²) in [5.41, 5.74) is 0.0146. The number of aliphatic hydroxyl groups is 1. The van der Waals surface area contributed by atoms with E-state index in [4.69, 9.17) is 0 Å². The predicted molar refractivity (Wildman–Crippen MR) is 93.6 cm³/mol. The molecule has 0 spiro atoms. The number of piperidine rings is 2. The van der Waals surface area contributed by atoms with Gasteiger partial charge in [-0.05, 0) is 57.1 Å². The average molecular weight is 337 g/mol. The first-order chi connectivity index (χ1) is 11.1. The maximum Gasteiger partial charge on any atom is 0.222 e. The fourth-order valence-corrected chi connectivity index (χ4v) is 5.02. The summed E-state index contributed by atoms with van der Waals surface area (Å²) in [5, 5.41) is 12.0. The van der Waals surface area contributed by atoms with Gasteiger partial charge in [-0.25, -0.2) is 0 Å². The fourth-order valence-electron chi connectivity index (χ4n) is 4.27. The zero-order valence-electron chi connectivity index (χ0n) is 14.0. The van der Waals surface area contributed by atoms with Crippen LogP contribution >= 0.6 is 11.3 Å². The molecule has 3 heterocycles. The zero-order valence-corrected chi connectivity index (χ0v) is 14.9. The van der Waals surface area contributed by atoms with Crippen molar-refractivity contribution in [2.24, 2.45) is 5.41 Å². The van der Waals surface area contributed by atoms with Crippen LogP contribution in [0, 0.1) is 5.41 Å². The van der Waals surface area contributed by atoms with Crippen molar-refractivity contribution in [3.05, 3.63) is 22.4 Å². The summed E-state index contributed by atoms with van der Waals surface area (Å²) in [6.07, 6.45) is 5.76. The van der Waals surface area contributed by atoms with Crippen molar-refractivity contribution >= 4 is 17.2 Å². The molecule has 0 aromatic carbocycles. The largest absolute Gasteiger partial charge is 0.396 e. The third-order valence-corrected chi connectivity index (χ3v) is 6.70. The van der Waals surface area contributed by atoms with Gasteiger partial charge in [0.1, 0.15) is 0 Å². The molecule has 2 aliphatic heterocycles. The van der Waals surface area contributed by atoms with Crippen LogP contribution in [-0.4, -0.2) is 60.1 Å². The van der Waals surface area contributed by atoms with Crippen LogP contribution in [0.25, 0.3) is 0 Å². The van der Waals surface area contributed by atoms with Gasteiger partial charge in [-0.2, -0.15) is 0 Å². The van der Waals surface area contributed by atoms with Gasteiger partial charge in [-0.3, -0.25) is 4.79 Å². The minimum atomic E-state index is 0.0146. The summed E-state index contributed by atoms with van der Waals surface area (Å²) >= 11 is 1.77. The maximum atomic E-state index is 12.5. The molecule has 2 aliphatic rings. The van der Waals surface area contributed by atoms with Gasteiger partial charge in [-0.1, -0.05) is 6.07 Å². The molecule has 1 aromatic rings. The lowest BCUT2D eigenvalue weighted by Gasteiger charge is -2.53. The van der Waals surface area contributed by atoms with Crippen molar-refractivity contribution in [2.75, 3.05) is 33.3 Å². The molecule has 1 N–H and O–H groups in total. The van der Waals surface area contributed by atoms with Crippen molar-refractivity contribution in [1.29, 1.82) is 0 Å². The van der Waals surface area contributed by atoms with Crippen LogP contribution in [0.5, 0.6) is 0 Å². The van der Waals surface area contributed by atoms with Crippen molar-refractivity contribution in [1.82, 2.24) is 9.80 Å². The molecule has 0 bridgehead atoms. The third kappa shape index (κ3) is 3.62. The van der Waals surface area contributed by atoms with Crippen molar-refractivity contribution in [3.63, 3.8) is 0 Å². The first-order valence-corrected chi connectivity index (χ1v) is 9.64. The van der Waals surface area contributed by atoms with Gasteiger partial charge in [0.05, 0.1) is 6.61 Å². The van der Waals surface area contributed by atoms with Crippen LogP contribution in [0.1, 0.15) is 37.0 Å². The number of likely N-dealkylation sites (tertiary alicyclic amines) is 2. The third-order valence-electron chi connectivity index (χ3n) is 5.76. The van der Waals surface area contributed by atoms with E-state index in [1.54, 1.807) is 11.3 Å². The fraction of sp³-hybridized carbons (Fsp3) is 0.722. The molecule has 0 unspecified atom stereocenters. The predicted octanol–water partition coefficient (Wildman–Crippen LogP) is 2.38. The first kappa shape index (κ1) is 16.9. The van der Waals surface area contributed by atoms with Crippen LogP contribution in [0.15, 0.2) is 17.5 Å². The number of carbonyl (C=O) groups is 1. The molecule has 0 saturated carbocycles. The van der Waals surface area contributed by atoms with Crippen LogP contribution in [0.4, 0.5) is 0 Å². The highest BCUT2D eigenvalue weighted by Crippen LogP contribution is 2.41. The molecule has 1 amide bonds. The number of rotatable bonds is 5. The van der Waals surface area contributed by atoms with E-state index in [9.17, 15) is 9.90 Å². The molecular formula is C18H28N2O2S. The van der Waals surface area contributed by atoms with Crippen LogP contribution in [0.2, 0.25) is 0 Å². The Morgan fingerprint density at radius 2 is 2.30 bits per heavy atom. The summed E-state index contributed by atoms with van der Waals surface area (Å²) in [5.74, 6) is 0.284. The normalized spacial score (nSPS) is 28.6. The Kier molecular flexibility index (Phi) is 5.39. The highest BCUT2D eigenvalue weighted by Gasteiger charge is 2.47. The smallest absolute Gasteiger partial charge is 0.222 e. The van der Waals surface area contributed by atoms with E-state index in [2.05, 4.69) is 29.5 Å². The van der Waals surface area contributed by atoms with E-state index in [-0.39, 0.29) is 17.9 Å². The second-order valence-electron chi connectivity index (χ2n) is 7.14. The molecule has 2 fully saturated rings. The maximum absolute atomic E-state index is 12.5. The first-order valence-electron chi connectivity index (χ1n) is 8.76. The molecule has 0 aliphatic carbocycles. The van der Waals surface area contributed by atoms with Gasteiger partial charge in [0.25, 0.3) is 0 Å². The quantitative estimate of drug-likeness (QED) is 0.898. The molecule has 2 saturated heterocycles. The number of fused-ring (bicyclic) bond motifs is 1. The van der Waals surface area contributed by atoms with Crippen molar-refractivity contribution < 1.29 is 9.90 Å². The number of hydrogen-bond acceptors (Lipinski definition) is 4. The number of carbonyl (C=O) groups excluding carboxylic acids is 1. The summed E-state index contributed by atoms with van der Waals surface area (Å²) in [7, 11) is 2.14. The number of amides is 1. The number of thiophene rings is 1. The summed E-state index contributed by atoms with van der Waals surface area (Å²) in [4.78, 5) is 18.3. The Morgan fingerprint density at radius 3 is 3.04 bits per heavy atom. The Morgan fingerprint density at radius 1 is 1.43 bits per heavy atom. The molecule has 3 rings (SSSR count). The molecule has 0 radical (unpaired) electrons. The molecule has 1 aromatic heterocycles. The van der Waals surface area contributed by atoms with E-state index in [0.29, 0.717) is 12.5 Å². The number of aliphatic hydroxyl groups excluding tert-OH is 1. The summed E-state index contributed by atoms with van der Waals surface area (Å²) in [6.45, 7) is 2.92. The zero-order chi connectivity index (χ0) is 16.3. The monoisotopic (exact) mass is 336 g/mol. The number of aryl methyl sites for hydroxylation is 1. The Balaban J connectivity index is 1.54. The van der Waals surface area contributed by atoms with Crippen LogP contribution in [-0.2, 0) is 11.2 Å². The highest BCUT2D eigenvalue weighted by atomic mass is 32.1. The SMILES string of the molecule is CN1CCC[C@]2(CO)CCN(C(=O)CCCc3cccs3)C[C@@H]12. The van der Waals surface area contributed by atoms with Gasteiger partial charge in [0.2, 0.25) is 5.91 Å². The van der Waals surface area contributed by atoms with Crippen LogP contribution < -0.4 is 0 Å². The lowest BCUT2D eigenvalue weighted by atomic mass is 9.69. The lowest BCUT2D eigenvalue weighted by Crippen LogP contribution is -2.62. The Bertz CT molecular complexity index is 519. The minimum Gasteiger partial charge on any atom is -0.396 e. The topological polar surface area (TPSA) is 43.8 Å². The van der Waals surface area contributed by atoms with Gasteiger partial charge < -0.3 is 14.9 Å². The molecule has 4 nitrogen and oxygen atoms in total. The van der Waals surface area contributed by atoms with Gasteiger partial charge >= 0.3 is 0 Å². The van der Waals surface area contributed by atoms with E-state index < -0.39 is 0 Å². The summed E-state index contributed by atoms with van der Waals surface area (Å²) < 4.78 is 0. The molecule has 23 heavy (non-hydrogen) atoms. The number of nitrogens with zero attached hydrogens (tertiary/aromatic N) is 2. The Hall–Kier alpha value is -0.910. The average Bonchev–Trinajstić information content (AvgIpc) is 3.08. The highest BCUT2D eigenvalue weighted by molar-refractivity contribution is 7.09. The van der Waals surface area contributed by atoms with E-state index >= 15 is 0 Å².